The van der Waals surface area contributed by atoms with Crippen molar-refractivity contribution >= 4 is 22.4 Å². The third kappa shape index (κ3) is 2.23. The van der Waals surface area contributed by atoms with Crippen LogP contribution in [-0.4, -0.2) is 10.9 Å². The van der Waals surface area contributed by atoms with Gasteiger partial charge in [-0.2, -0.15) is 0 Å². The Labute approximate surface area is 114 Å². The Balaban J connectivity index is 2.04. The summed E-state index contributed by atoms with van der Waals surface area (Å²) < 4.78 is 5.80. The lowest BCUT2D eigenvalue weighted by Gasteiger charge is -2.09. The van der Waals surface area contributed by atoms with Crippen LogP contribution in [0.1, 0.15) is 41.4 Å². The summed E-state index contributed by atoms with van der Waals surface area (Å²) >= 11 is 1.44. The second-order valence-corrected chi connectivity index (χ2v) is 5.62. The molecule has 3 rings (SSSR count). The fraction of sp³-hybridized carbons (Fsp3) is 0.385. The number of aryl methyl sites for hydroxylation is 1. The van der Waals surface area contributed by atoms with Gasteiger partial charge >= 0.3 is 0 Å². The number of hydrogen-bond donors (Lipinski definition) is 2. The summed E-state index contributed by atoms with van der Waals surface area (Å²) in [6.07, 6.45) is 1.22. The largest absolute Gasteiger partial charge is 0.465 e. The SMILES string of the molecule is CCc1ccc([C@@H]2CC(=O)NCc3nc(N)sc32)o1. The van der Waals surface area contributed by atoms with Gasteiger partial charge in [0, 0.05) is 17.7 Å². The lowest BCUT2D eigenvalue weighted by Crippen LogP contribution is -2.21. The highest BCUT2D eigenvalue weighted by atomic mass is 32.1. The van der Waals surface area contributed by atoms with Gasteiger partial charge in [0.05, 0.1) is 18.2 Å². The molecule has 5 nitrogen and oxygen atoms in total. The van der Waals surface area contributed by atoms with Crippen LogP contribution in [0.5, 0.6) is 0 Å². The van der Waals surface area contributed by atoms with Crippen molar-refractivity contribution in [2.24, 2.45) is 0 Å². The van der Waals surface area contributed by atoms with Crippen molar-refractivity contribution in [3.8, 4) is 0 Å². The number of aromatic nitrogens is 1. The predicted molar refractivity (Wildman–Crippen MR) is 72.9 cm³/mol. The lowest BCUT2D eigenvalue weighted by molar-refractivity contribution is -0.121. The van der Waals surface area contributed by atoms with Crippen LogP contribution < -0.4 is 11.1 Å². The molecule has 6 heteroatoms. The zero-order valence-corrected chi connectivity index (χ0v) is 11.4. The summed E-state index contributed by atoms with van der Waals surface area (Å²) in [5.74, 6) is 1.69. The molecule has 2 aromatic rings. The van der Waals surface area contributed by atoms with Gasteiger partial charge < -0.3 is 15.5 Å². The molecule has 1 amide bonds. The van der Waals surface area contributed by atoms with Gasteiger partial charge in [0.1, 0.15) is 11.5 Å². The molecular formula is C13H15N3O2S. The molecule has 0 bridgehead atoms. The van der Waals surface area contributed by atoms with E-state index in [1.165, 1.54) is 11.3 Å². The van der Waals surface area contributed by atoms with Crippen LogP contribution in [0.15, 0.2) is 16.5 Å². The molecule has 0 saturated heterocycles. The first kappa shape index (κ1) is 12.2. The molecule has 1 aliphatic heterocycles. The molecule has 3 N–H and O–H groups in total. The highest BCUT2D eigenvalue weighted by molar-refractivity contribution is 7.15. The maximum Gasteiger partial charge on any atom is 0.221 e. The van der Waals surface area contributed by atoms with E-state index in [2.05, 4.69) is 10.3 Å². The van der Waals surface area contributed by atoms with Crippen molar-refractivity contribution in [2.75, 3.05) is 5.73 Å². The molecule has 0 saturated carbocycles. The minimum absolute atomic E-state index is 0.0169. The Morgan fingerprint density at radius 1 is 1.58 bits per heavy atom. The third-order valence-electron chi connectivity index (χ3n) is 3.28. The first-order chi connectivity index (χ1) is 9.17. The van der Waals surface area contributed by atoms with Gasteiger partial charge in [-0.05, 0) is 12.1 Å². The molecule has 1 aliphatic rings. The van der Waals surface area contributed by atoms with Gasteiger partial charge in [0.15, 0.2) is 5.13 Å². The number of rotatable bonds is 2. The van der Waals surface area contributed by atoms with E-state index in [-0.39, 0.29) is 11.8 Å². The van der Waals surface area contributed by atoms with Crippen LogP contribution >= 0.6 is 11.3 Å². The number of nitrogens with zero attached hydrogens (tertiary/aromatic N) is 1. The number of amides is 1. The fourth-order valence-electron chi connectivity index (χ4n) is 2.32. The highest BCUT2D eigenvalue weighted by Crippen LogP contribution is 2.37. The Kier molecular flexibility index (Phi) is 3.02. The number of nitrogens with one attached hydrogen (secondary N) is 1. The number of nitrogen functional groups attached to an aromatic ring is 1. The van der Waals surface area contributed by atoms with Crippen LogP contribution in [0, 0.1) is 0 Å². The number of carbonyl (C=O) groups is 1. The third-order valence-corrected chi connectivity index (χ3v) is 4.32. The Morgan fingerprint density at radius 3 is 3.16 bits per heavy atom. The summed E-state index contributed by atoms with van der Waals surface area (Å²) in [6, 6.07) is 3.91. The van der Waals surface area contributed by atoms with Crippen molar-refractivity contribution in [3.05, 3.63) is 34.2 Å². The molecule has 0 radical (unpaired) electrons. The topological polar surface area (TPSA) is 81.2 Å². The van der Waals surface area contributed by atoms with E-state index in [1.54, 1.807) is 0 Å². The summed E-state index contributed by atoms with van der Waals surface area (Å²) in [5.41, 5.74) is 6.63. The minimum atomic E-state index is -0.0763. The zero-order valence-electron chi connectivity index (χ0n) is 10.6. The second kappa shape index (κ2) is 4.70. The summed E-state index contributed by atoms with van der Waals surface area (Å²) in [4.78, 5) is 17.1. The molecule has 0 aromatic carbocycles. The van der Waals surface area contributed by atoms with E-state index in [9.17, 15) is 4.79 Å². The molecule has 100 valence electrons. The van der Waals surface area contributed by atoms with Gasteiger partial charge in [-0.1, -0.05) is 6.92 Å². The van der Waals surface area contributed by atoms with Crippen molar-refractivity contribution in [1.29, 1.82) is 0 Å². The Hall–Kier alpha value is -1.82. The van der Waals surface area contributed by atoms with Gasteiger partial charge in [-0.3, -0.25) is 4.79 Å². The monoisotopic (exact) mass is 277 g/mol. The number of fused-ring (bicyclic) bond motifs is 1. The average Bonchev–Trinajstić information content (AvgIpc) is 2.97. The fourth-order valence-corrected chi connectivity index (χ4v) is 3.27. The molecule has 19 heavy (non-hydrogen) atoms. The van der Waals surface area contributed by atoms with E-state index in [4.69, 9.17) is 10.2 Å². The normalized spacial score (nSPS) is 18.8. The lowest BCUT2D eigenvalue weighted by atomic mass is 10.00. The van der Waals surface area contributed by atoms with Crippen molar-refractivity contribution in [2.45, 2.75) is 32.2 Å². The van der Waals surface area contributed by atoms with Crippen molar-refractivity contribution in [1.82, 2.24) is 10.3 Å². The molecule has 0 aliphatic carbocycles. The maximum atomic E-state index is 11.8. The van der Waals surface area contributed by atoms with Crippen LogP contribution in [0.2, 0.25) is 0 Å². The molecule has 0 fully saturated rings. The molecule has 3 heterocycles. The van der Waals surface area contributed by atoms with E-state index in [0.29, 0.717) is 18.1 Å². The maximum absolute atomic E-state index is 11.8. The van der Waals surface area contributed by atoms with Gasteiger partial charge in [-0.15, -0.1) is 11.3 Å². The smallest absolute Gasteiger partial charge is 0.221 e. The van der Waals surface area contributed by atoms with Crippen LogP contribution in [0.3, 0.4) is 0 Å². The summed E-state index contributed by atoms with van der Waals surface area (Å²) in [7, 11) is 0. The second-order valence-electron chi connectivity index (χ2n) is 4.55. The molecule has 1 atom stereocenters. The van der Waals surface area contributed by atoms with E-state index < -0.39 is 0 Å². The number of thiazole rings is 1. The standard InChI is InChI=1S/C13H15N3O2S/c1-2-7-3-4-10(18-7)8-5-11(17)15-6-9-12(8)19-13(14)16-9/h3-4,8H,2,5-6H2,1H3,(H2,14,16)(H,15,17)/t8-/m0/s1. The van der Waals surface area contributed by atoms with E-state index >= 15 is 0 Å². The minimum Gasteiger partial charge on any atom is -0.465 e. The molecule has 2 aromatic heterocycles. The van der Waals surface area contributed by atoms with Gasteiger partial charge in [0.25, 0.3) is 0 Å². The molecular weight excluding hydrogens is 262 g/mol. The Bertz CT molecular complexity index is 617. The van der Waals surface area contributed by atoms with E-state index in [1.807, 2.05) is 19.1 Å². The summed E-state index contributed by atoms with van der Waals surface area (Å²) in [5, 5.41) is 3.38. The zero-order chi connectivity index (χ0) is 13.4. The quantitative estimate of drug-likeness (QED) is 0.880. The number of furan rings is 1. The summed E-state index contributed by atoms with van der Waals surface area (Å²) in [6.45, 7) is 2.48. The number of carbonyl (C=O) groups excluding carboxylic acids is 1. The van der Waals surface area contributed by atoms with Crippen LogP contribution in [0.4, 0.5) is 5.13 Å². The molecule has 0 unspecified atom stereocenters. The number of hydrogen-bond acceptors (Lipinski definition) is 5. The predicted octanol–water partition coefficient (Wildman–Crippen LogP) is 2.03. The Morgan fingerprint density at radius 2 is 2.42 bits per heavy atom. The van der Waals surface area contributed by atoms with Crippen LogP contribution in [0.25, 0.3) is 0 Å². The van der Waals surface area contributed by atoms with Crippen molar-refractivity contribution < 1.29 is 9.21 Å². The molecule has 0 spiro atoms. The van der Waals surface area contributed by atoms with Gasteiger partial charge in [0.2, 0.25) is 5.91 Å². The van der Waals surface area contributed by atoms with E-state index in [0.717, 1.165) is 28.5 Å². The average molecular weight is 277 g/mol. The highest BCUT2D eigenvalue weighted by Gasteiger charge is 2.29. The first-order valence-electron chi connectivity index (χ1n) is 6.27. The van der Waals surface area contributed by atoms with Crippen molar-refractivity contribution in [3.63, 3.8) is 0 Å². The first-order valence-corrected chi connectivity index (χ1v) is 7.09. The number of anilines is 1. The van der Waals surface area contributed by atoms with Gasteiger partial charge in [-0.25, -0.2) is 4.98 Å². The van der Waals surface area contributed by atoms with Crippen LogP contribution in [-0.2, 0) is 17.8 Å². The number of nitrogens with two attached hydrogens (primary N) is 1.